The van der Waals surface area contributed by atoms with E-state index in [9.17, 15) is 0 Å². The normalized spacial score (nSPS) is 11.3. The van der Waals surface area contributed by atoms with Crippen LogP contribution in [0.2, 0.25) is 0 Å². The molecule has 0 amide bonds. The Balaban J connectivity index is 1.41. The molecule has 0 bridgehead atoms. The van der Waals surface area contributed by atoms with Crippen LogP contribution in [-0.2, 0) is 0 Å². The van der Waals surface area contributed by atoms with Crippen LogP contribution in [0, 0.1) is 7.14 Å². The highest BCUT2D eigenvalue weighted by Crippen LogP contribution is 2.25. The van der Waals surface area contributed by atoms with E-state index in [0.29, 0.717) is 5.95 Å². The first kappa shape index (κ1) is 25.0. The molecule has 1 heterocycles. The van der Waals surface area contributed by atoms with E-state index in [1.807, 2.05) is 78.9 Å². The monoisotopic (exact) mass is 710 g/mol. The molecule has 0 aliphatic carbocycles. The van der Waals surface area contributed by atoms with Crippen molar-refractivity contribution in [3.8, 4) is 0 Å². The zero-order chi connectivity index (χ0) is 25.5. The molecule has 8 nitrogen and oxygen atoms in total. The molecule has 1 aromatic heterocycles. The molecule has 0 spiro atoms. The van der Waals surface area contributed by atoms with E-state index < -0.39 is 0 Å². The van der Waals surface area contributed by atoms with E-state index in [1.54, 1.807) is 12.4 Å². The highest BCUT2D eigenvalue weighted by molar-refractivity contribution is 14.1. The van der Waals surface area contributed by atoms with Gasteiger partial charge in [0.1, 0.15) is 0 Å². The van der Waals surface area contributed by atoms with E-state index in [0.717, 1.165) is 34.7 Å². The van der Waals surface area contributed by atoms with Gasteiger partial charge in [-0.15, -0.1) is 0 Å². The number of fused-ring (bicyclic) bond motifs is 1. The van der Waals surface area contributed by atoms with Crippen molar-refractivity contribution < 1.29 is 0 Å². The van der Waals surface area contributed by atoms with Crippen molar-refractivity contribution in [1.29, 1.82) is 0 Å². The summed E-state index contributed by atoms with van der Waals surface area (Å²) in [5.41, 5.74) is 8.61. The average molecular weight is 710 g/mol. The van der Waals surface area contributed by atoms with Gasteiger partial charge in [-0.05, 0) is 92.0 Å². The summed E-state index contributed by atoms with van der Waals surface area (Å²) in [6.45, 7) is 0. The van der Waals surface area contributed by atoms with Crippen LogP contribution in [0.25, 0.3) is 10.8 Å². The van der Waals surface area contributed by atoms with Gasteiger partial charge in [-0.2, -0.15) is 25.2 Å². The average Bonchev–Trinajstić information content (AvgIpc) is 2.89. The SMILES string of the molecule is Ic1cccc(/C=N/Nc2nc(N/N=C/c3cccc(I)c3)nc(Nc3cccc4ccccc34)n2)c1. The van der Waals surface area contributed by atoms with E-state index in [1.165, 1.54) is 0 Å². The lowest BCUT2D eigenvalue weighted by atomic mass is 10.1. The Bertz CT molecular complexity index is 1520. The van der Waals surface area contributed by atoms with E-state index >= 15 is 0 Å². The Morgan fingerprint density at radius 1 is 0.595 bits per heavy atom. The Kier molecular flexibility index (Phi) is 8.15. The number of anilines is 4. The fourth-order valence-electron chi connectivity index (χ4n) is 3.49. The summed E-state index contributed by atoms with van der Waals surface area (Å²) in [4.78, 5) is 13.4. The summed E-state index contributed by atoms with van der Waals surface area (Å²) in [6, 6.07) is 30.2. The lowest BCUT2D eigenvalue weighted by molar-refractivity contribution is 1.02. The number of nitrogens with one attached hydrogen (secondary N) is 3. The fourth-order valence-corrected chi connectivity index (χ4v) is 4.62. The first-order chi connectivity index (χ1) is 18.1. The molecule has 0 saturated heterocycles. The van der Waals surface area contributed by atoms with E-state index in [4.69, 9.17) is 0 Å². The molecule has 0 atom stereocenters. The van der Waals surface area contributed by atoms with Gasteiger partial charge in [0, 0.05) is 18.2 Å². The first-order valence-electron chi connectivity index (χ1n) is 11.2. The van der Waals surface area contributed by atoms with Crippen molar-refractivity contribution >= 4 is 91.9 Å². The number of benzene rings is 4. The molecule has 10 heteroatoms. The molecule has 0 unspecified atom stereocenters. The summed E-state index contributed by atoms with van der Waals surface area (Å²) in [5, 5.41) is 14.1. The third-order valence-electron chi connectivity index (χ3n) is 5.13. The molecule has 0 aliphatic heterocycles. The molecule has 0 aliphatic rings. The minimum Gasteiger partial charge on any atom is -0.323 e. The lowest BCUT2D eigenvalue weighted by Gasteiger charge is -2.10. The van der Waals surface area contributed by atoms with Gasteiger partial charge in [0.25, 0.3) is 0 Å². The van der Waals surface area contributed by atoms with Gasteiger partial charge in [-0.25, -0.2) is 10.9 Å². The molecule has 182 valence electrons. The zero-order valence-electron chi connectivity index (χ0n) is 19.3. The maximum atomic E-state index is 4.51. The van der Waals surface area contributed by atoms with Gasteiger partial charge < -0.3 is 5.32 Å². The summed E-state index contributed by atoms with van der Waals surface area (Å²) < 4.78 is 2.25. The van der Waals surface area contributed by atoms with Crippen LogP contribution in [0.15, 0.2) is 101 Å². The van der Waals surface area contributed by atoms with Crippen molar-refractivity contribution in [3.05, 3.63) is 109 Å². The molecule has 37 heavy (non-hydrogen) atoms. The molecule has 0 fully saturated rings. The molecule has 4 aromatic carbocycles. The predicted octanol–water partition coefficient (Wildman–Crippen LogP) is 6.87. The topological polar surface area (TPSA) is 99.5 Å². The number of halogens is 2. The molecular formula is C27H20I2N8. The number of nitrogens with zero attached hydrogens (tertiary/aromatic N) is 5. The molecule has 0 saturated carbocycles. The summed E-state index contributed by atoms with van der Waals surface area (Å²) in [7, 11) is 0. The van der Waals surface area contributed by atoms with Gasteiger partial charge in [0.05, 0.1) is 12.4 Å². The number of hydrazone groups is 2. The van der Waals surface area contributed by atoms with Gasteiger partial charge in [-0.3, -0.25) is 0 Å². The van der Waals surface area contributed by atoms with Crippen LogP contribution in [0.1, 0.15) is 11.1 Å². The minimum absolute atomic E-state index is 0.270. The number of rotatable bonds is 8. The van der Waals surface area contributed by atoms with Crippen molar-refractivity contribution in [1.82, 2.24) is 15.0 Å². The van der Waals surface area contributed by atoms with Crippen LogP contribution in [0.4, 0.5) is 23.5 Å². The molecule has 5 rings (SSSR count). The van der Waals surface area contributed by atoms with E-state index in [2.05, 4.69) is 98.6 Å². The van der Waals surface area contributed by atoms with Crippen LogP contribution >= 0.6 is 45.2 Å². The van der Waals surface area contributed by atoms with Crippen LogP contribution < -0.4 is 16.2 Å². The van der Waals surface area contributed by atoms with Gasteiger partial charge >= 0.3 is 0 Å². The van der Waals surface area contributed by atoms with Crippen LogP contribution in [-0.4, -0.2) is 27.4 Å². The number of hydrogen-bond donors (Lipinski definition) is 3. The zero-order valence-corrected chi connectivity index (χ0v) is 23.6. The van der Waals surface area contributed by atoms with Gasteiger partial charge in [-0.1, -0.05) is 60.7 Å². The molecule has 3 N–H and O–H groups in total. The highest BCUT2D eigenvalue weighted by atomic mass is 127. The van der Waals surface area contributed by atoms with Gasteiger partial charge in [0.15, 0.2) is 0 Å². The van der Waals surface area contributed by atoms with E-state index in [-0.39, 0.29) is 11.9 Å². The quantitative estimate of drug-likeness (QED) is 0.0925. The molecular weight excluding hydrogens is 690 g/mol. The maximum absolute atomic E-state index is 4.51. The van der Waals surface area contributed by atoms with Crippen LogP contribution in [0.5, 0.6) is 0 Å². The van der Waals surface area contributed by atoms with Crippen molar-refractivity contribution in [3.63, 3.8) is 0 Å². The number of hydrogen-bond acceptors (Lipinski definition) is 8. The third-order valence-corrected chi connectivity index (χ3v) is 6.47. The Morgan fingerprint density at radius 3 is 1.76 bits per heavy atom. The predicted molar refractivity (Wildman–Crippen MR) is 168 cm³/mol. The second kappa shape index (κ2) is 12.1. The standard InChI is InChI=1S/C27H20I2N8/c28-21-10-3-6-18(14-21)16-30-36-26-33-25(32-24-13-5-9-20-8-1-2-12-23(20)24)34-27(35-26)37-31-17-19-7-4-11-22(29)15-19/h1-17H,(H3,32,33,34,35,36,37)/b30-16+,31-17+. The first-order valence-corrected chi connectivity index (χ1v) is 13.4. The van der Waals surface area contributed by atoms with Crippen molar-refractivity contribution in [2.24, 2.45) is 10.2 Å². The van der Waals surface area contributed by atoms with Crippen LogP contribution in [0.3, 0.4) is 0 Å². The summed E-state index contributed by atoms with van der Waals surface area (Å²) in [5.74, 6) is 0.892. The smallest absolute Gasteiger partial charge is 0.250 e. The molecule has 5 aromatic rings. The van der Waals surface area contributed by atoms with Crippen molar-refractivity contribution in [2.75, 3.05) is 16.2 Å². The second-order valence-electron chi connectivity index (χ2n) is 7.81. The molecule has 0 radical (unpaired) electrons. The maximum Gasteiger partial charge on any atom is 0.250 e. The Morgan fingerprint density at radius 2 is 1.14 bits per heavy atom. The fraction of sp³-hybridized carbons (Fsp3) is 0. The lowest BCUT2D eigenvalue weighted by Crippen LogP contribution is -2.07. The van der Waals surface area contributed by atoms with Crippen molar-refractivity contribution in [2.45, 2.75) is 0 Å². The highest BCUT2D eigenvalue weighted by Gasteiger charge is 2.08. The Labute approximate surface area is 241 Å². The third kappa shape index (κ3) is 6.98. The van der Waals surface area contributed by atoms with Gasteiger partial charge in [0.2, 0.25) is 17.8 Å². The minimum atomic E-state index is 0.270. The number of aromatic nitrogens is 3. The Hall–Kier alpha value is -3.65. The second-order valence-corrected chi connectivity index (χ2v) is 10.3. The largest absolute Gasteiger partial charge is 0.323 e. The summed E-state index contributed by atoms with van der Waals surface area (Å²) in [6.07, 6.45) is 3.43. The summed E-state index contributed by atoms with van der Waals surface area (Å²) >= 11 is 4.53.